The van der Waals surface area contributed by atoms with Crippen LogP contribution in [-0.4, -0.2) is 12.5 Å². The highest BCUT2D eigenvalue weighted by Crippen LogP contribution is 2.25. The van der Waals surface area contributed by atoms with E-state index >= 15 is 0 Å². The van der Waals surface area contributed by atoms with Crippen LogP contribution in [0.2, 0.25) is 0 Å². The van der Waals surface area contributed by atoms with E-state index in [1.807, 2.05) is 76.2 Å². The maximum Gasteiger partial charge on any atom is 0.224 e. The summed E-state index contributed by atoms with van der Waals surface area (Å²) in [6, 6.07) is 14.8. The number of rotatable bonds is 6. The van der Waals surface area contributed by atoms with Crippen LogP contribution in [0.25, 0.3) is 0 Å². The number of hydrogen-bond acceptors (Lipinski definition) is 3. The molecule has 0 spiro atoms. The lowest BCUT2D eigenvalue weighted by atomic mass is 9.92. The van der Waals surface area contributed by atoms with Crippen LogP contribution in [0.4, 0.5) is 5.69 Å². The van der Waals surface area contributed by atoms with Crippen molar-refractivity contribution >= 4 is 11.6 Å². The monoisotopic (exact) mass is 327 g/mol. The Hall–Kier alpha value is -2.49. The number of ether oxygens (including phenoxy) is 2. The summed E-state index contributed by atoms with van der Waals surface area (Å²) in [4.78, 5) is 11.9. The second kappa shape index (κ2) is 7.86. The van der Waals surface area contributed by atoms with Gasteiger partial charge in [-0.15, -0.1) is 0 Å². The molecule has 1 N–H and O–H groups in total. The Morgan fingerprint density at radius 1 is 0.917 bits per heavy atom. The smallest absolute Gasteiger partial charge is 0.224 e. The van der Waals surface area contributed by atoms with Gasteiger partial charge in [-0.1, -0.05) is 20.8 Å². The number of benzene rings is 2. The van der Waals surface area contributed by atoms with Crippen LogP contribution in [0.1, 0.15) is 34.1 Å². The topological polar surface area (TPSA) is 47.6 Å². The molecule has 128 valence electrons. The van der Waals surface area contributed by atoms with E-state index < -0.39 is 0 Å². The third kappa shape index (κ3) is 5.95. The highest BCUT2D eigenvalue weighted by atomic mass is 16.5. The molecular weight excluding hydrogens is 302 g/mol. The average Bonchev–Trinajstić information content (AvgIpc) is 2.49. The third-order valence-corrected chi connectivity index (χ3v) is 3.20. The summed E-state index contributed by atoms with van der Waals surface area (Å²) in [5, 5.41) is 2.90. The Morgan fingerprint density at radius 2 is 1.42 bits per heavy atom. The summed E-state index contributed by atoms with van der Waals surface area (Å²) in [6.07, 6.45) is 0.484. The van der Waals surface area contributed by atoms with Gasteiger partial charge in [0.2, 0.25) is 5.91 Å². The molecule has 2 aromatic rings. The summed E-state index contributed by atoms with van der Waals surface area (Å²) in [7, 11) is 0. The van der Waals surface area contributed by atoms with Gasteiger partial charge in [0.05, 0.1) is 6.61 Å². The van der Waals surface area contributed by atoms with Gasteiger partial charge < -0.3 is 14.8 Å². The van der Waals surface area contributed by atoms with Crippen molar-refractivity contribution in [3.05, 3.63) is 48.5 Å². The lowest BCUT2D eigenvalue weighted by Crippen LogP contribution is -2.19. The summed E-state index contributed by atoms with van der Waals surface area (Å²) in [5.74, 6) is 2.29. The number of hydrogen-bond donors (Lipinski definition) is 1. The molecule has 4 nitrogen and oxygen atoms in total. The molecule has 24 heavy (non-hydrogen) atoms. The van der Waals surface area contributed by atoms with Crippen molar-refractivity contribution in [1.29, 1.82) is 0 Å². The lowest BCUT2D eigenvalue weighted by molar-refractivity contribution is -0.117. The van der Waals surface area contributed by atoms with Gasteiger partial charge in [-0.3, -0.25) is 4.79 Å². The molecule has 0 aliphatic heterocycles. The summed E-state index contributed by atoms with van der Waals surface area (Å²) in [6.45, 7) is 8.72. The van der Waals surface area contributed by atoms with E-state index in [0.717, 1.165) is 17.2 Å². The quantitative estimate of drug-likeness (QED) is 0.788. The molecule has 1 amide bonds. The second-order valence-corrected chi connectivity index (χ2v) is 6.82. The number of amides is 1. The van der Waals surface area contributed by atoms with Gasteiger partial charge in [0, 0.05) is 12.1 Å². The molecule has 0 radical (unpaired) electrons. The van der Waals surface area contributed by atoms with Crippen molar-refractivity contribution in [1.82, 2.24) is 0 Å². The van der Waals surface area contributed by atoms with Gasteiger partial charge in [0.1, 0.15) is 17.2 Å². The van der Waals surface area contributed by atoms with Crippen LogP contribution < -0.4 is 14.8 Å². The molecule has 0 saturated carbocycles. The zero-order valence-electron chi connectivity index (χ0n) is 14.8. The zero-order valence-corrected chi connectivity index (χ0v) is 14.8. The van der Waals surface area contributed by atoms with Crippen molar-refractivity contribution in [2.45, 2.75) is 34.1 Å². The van der Waals surface area contributed by atoms with Gasteiger partial charge in [-0.25, -0.2) is 0 Å². The number of carbonyl (C=O) groups is 1. The van der Waals surface area contributed by atoms with Crippen molar-refractivity contribution in [2.24, 2.45) is 5.41 Å². The Morgan fingerprint density at radius 3 is 1.92 bits per heavy atom. The van der Waals surface area contributed by atoms with Crippen LogP contribution in [0.3, 0.4) is 0 Å². The van der Waals surface area contributed by atoms with Crippen LogP contribution >= 0.6 is 0 Å². The van der Waals surface area contributed by atoms with Gasteiger partial charge in [-0.05, 0) is 60.9 Å². The highest BCUT2D eigenvalue weighted by Gasteiger charge is 2.15. The van der Waals surface area contributed by atoms with E-state index in [1.54, 1.807) is 0 Å². The Labute approximate surface area is 143 Å². The van der Waals surface area contributed by atoms with Gasteiger partial charge >= 0.3 is 0 Å². The standard InChI is InChI=1S/C20H25NO3/c1-5-23-16-10-12-18(13-11-16)24-17-8-6-15(7-9-17)21-19(22)14-20(2,3)4/h6-13H,5,14H2,1-4H3,(H,21,22). The SMILES string of the molecule is CCOc1ccc(Oc2ccc(NC(=O)CC(C)(C)C)cc2)cc1. The Kier molecular flexibility index (Phi) is 5.85. The van der Waals surface area contributed by atoms with Crippen LogP contribution in [0.5, 0.6) is 17.2 Å². The minimum Gasteiger partial charge on any atom is -0.494 e. The van der Waals surface area contributed by atoms with Crippen molar-refractivity contribution in [3.63, 3.8) is 0 Å². The number of nitrogens with one attached hydrogen (secondary N) is 1. The van der Waals surface area contributed by atoms with Crippen molar-refractivity contribution in [3.8, 4) is 17.2 Å². The van der Waals surface area contributed by atoms with E-state index in [2.05, 4.69) is 5.32 Å². The molecule has 0 atom stereocenters. The first-order valence-corrected chi connectivity index (χ1v) is 8.16. The molecule has 0 aliphatic carbocycles. The minimum atomic E-state index is -0.0270. The maximum atomic E-state index is 11.9. The van der Waals surface area contributed by atoms with E-state index in [0.29, 0.717) is 18.8 Å². The fourth-order valence-corrected chi connectivity index (χ4v) is 2.20. The van der Waals surface area contributed by atoms with Crippen LogP contribution in [0, 0.1) is 5.41 Å². The molecule has 0 saturated heterocycles. The second-order valence-electron chi connectivity index (χ2n) is 6.82. The molecule has 4 heteroatoms. The van der Waals surface area contributed by atoms with Gasteiger partial charge in [0.15, 0.2) is 0 Å². The summed E-state index contributed by atoms with van der Waals surface area (Å²) in [5.41, 5.74) is 0.740. The molecule has 2 rings (SSSR count). The number of anilines is 1. The first-order chi connectivity index (χ1) is 11.4. The molecule has 0 heterocycles. The van der Waals surface area contributed by atoms with Crippen LogP contribution in [0.15, 0.2) is 48.5 Å². The fourth-order valence-electron chi connectivity index (χ4n) is 2.20. The molecule has 2 aromatic carbocycles. The van der Waals surface area contributed by atoms with Gasteiger partial charge in [-0.2, -0.15) is 0 Å². The molecule has 0 bridgehead atoms. The normalized spacial score (nSPS) is 11.0. The fraction of sp³-hybridized carbons (Fsp3) is 0.350. The van der Waals surface area contributed by atoms with E-state index in [-0.39, 0.29) is 11.3 Å². The van der Waals surface area contributed by atoms with Crippen LogP contribution in [-0.2, 0) is 4.79 Å². The third-order valence-electron chi connectivity index (χ3n) is 3.20. The van der Waals surface area contributed by atoms with Crippen molar-refractivity contribution < 1.29 is 14.3 Å². The summed E-state index contributed by atoms with van der Waals surface area (Å²) >= 11 is 0. The molecular formula is C20H25NO3. The Bertz CT molecular complexity index is 655. The Balaban J connectivity index is 1.93. The maximum absolute atomic E-state index is 11.9. The highest BCUT2D eigenvalue weighted by molar-refractivity contribution is 5.91. The number of carbonyl (C=O) groups excluding carboxylic acids is 1. The van der Waals surface area contributed by atoms with Gasteiger partial charge in [0.25, 0.3) is 0 Å². The van der Waals surface area contributed by atoms with Crippen molar-refractivity contribution in [2.75, 3.05) is 11.9 Å². The first-order valence-electron chi connectivity index (χ1n) is 8.16. The largest absolute Gasteiger partial charge is 0.494 e. The lowest BCUT2D eigenvalue weighted by Gasteiger charge is -2.17. The van der Waals surface area contributed by atoms with E-state index in [1.165, 1.54) is 0 Å². The minimum absolute atomic E-state index is 0.0164. The average molecular weight is 327 g/mol. The first kappa shape index (κ1) is 17.9. The van der Waals surface area contributed by atoms with E-state index in [9.17, 15) is 4.79 Å². The molecule has 0 aromatic heterocycles. The molecule has 0 fully saturated rings. The molecule has 0 unspecified atom stereocenters. The predicted octanol–water partition coefficient (Wildman–Crippen LogP) is 5.25. The molecule has 0 aliphatic rings. The zero-order chi connectivity index (χ0) is 17.6. The van der Waals surface area contributed by atoms with E-state index in [4.69, 9.17) is 9.47 Å². The predicted molar refractivity (Wildman–Crippen MR) is 96.8 cm³/mol. The summed E-state index contributed by atoms with van der Waals surface area (Å²) < 4.78 is 11.2.